The fraction of sp³-hybridized carbons (Fsp3) is 0.700. The summed E-state index contributed by atoms with van der Waals surface area (Å²) in [6, 6.07) is 0. The summed E-state index contributed by atoms with van der Waals surface area (Å²) < 4.78 is 5.03. The van der Waals surface area contributed by atoms with E-state index in [1.54, 1.807) is 0 Å². The summed E-state index contributed by atoms with van der Waals surface area (Å²) in [6.45, 7) is 0. The molecule has 12 heavy (non-hydrogen) atoms. The lowest BCUT2D eigenvalue weighted by Gasteiger charge is -2.27. The summed E-state index contributed by atoms with van der Waals surface area (Å²) in [5.74, 6) is 2.55. The zero-order valence-corrected chi connectivity index (χ0v) is 6.95. The molecule has 0 bridgehead atoms. The molecule has 1 aliphatic heterocycles. The van der Waals surface area contributed by atoms with Gasteiger partial charge >= 0.3 is 5.97 Å². The smallest absolute Gasteiger partial charge is 0.322 e. The molecule has 3 fully saturated rings. The van der Waals surface area contributed by atoms with Gasteiger partial charge in [-0.2, -0.15) is 0 Å². The highest BCUT2D eigenvalue weighted by atomic mass is 16.6. The van der Waals surface area contributed by atoms with E-state index >= 15 is 0 Å². The van der Waals surface area contributed by atoms with Crippen LogP contribution in [0.3, 0.4) is 0 Å². The van der Waals surface area contributed by atoms with E-state index in [0.29, 0.717) is 5.92 Å². The molecule has 2 heteroatoms. The van der Waals surface area contributed by atoms with Gasteiger partial charge in [-0.15, -0.1) is 0 Å². The third kappa shape index (κ3) is 0.977. The molecule has 0 spiro atoms. The summed E-state index contributed by atoms with van der Waals surface area (Å²) in [6.07, 6.45) is 7.20. The van der Waals surface area contributed by atoms with Crippen molar-refractivity contribution in [2.24, 2.45) is 17.8 Å². The van der Waals surface area contributed by atoms with Crippen LogP contribution in [-0.4, -0.2) is 5.97 Å². The molecule has 1 unspecified atom stereocenters. The lowest BCUT2D eigenvalue weighted by molar-refractivity contribution is -0.158. The predicted octanol–water partition coefficient (Wildman–Crippen LogP) is 1.86. The van der Waals surface area contributed by atoms with Crippen LogP contribution in [0, 0.1) is 17.8 Å². The van der Waals surface area contributed by atoms with E-state index in [4.69, 9.17) is 4.74 Å². The largest absolute Gasteiger partial charge is 0.430 e. The van der Waals surface area contributed by atoms with Gasteiger partial charge in [-0.05, 0) is 43.6 Å². The minimum absolute atomic E-state index is 0.0180. The summed E-state index contributed by atoms with van der Waals surface area (Å²) in [5, 5.41) is 0. The zero-order chi connectivity index (χ0) is 8.13. The molecule has 1 atom stereocenters. The molecule has 1 saturated heterocycles. The lowest BCUT2D eigenvalue weighted by atomic mass is 9.96. The summed E-state index contributed by atoms with van der Waals surface area (Å²) in [7, 11) is 0. The maximum Gasteiger partial charge on any atom is 0.322 e. The number of hydrogen-bond acceptors (Lipinski definition) is 2. The van der Waals surface area contributed by atoms with Crippen molar-refractivity contribution in [3.05, 3.63) is 11.8 Å². The summed E-state index contributed by atoms with van der Waals surface area (Å²) in [4.78, 5) is 11.1. The van der Waals surface area contributed by atoms with E-state index < -0.39 is 0 Å². The highest BCUT2D eigenvalue weighted by molar-refractivity contribution is 5.83. The zero-order valence-electron chi connectivity index (χ0n) is 6.95. The van der Waals surface area contributed by atoms with Crippen LogP contribution in [0.15, 0.2) is 11.8 Å². The summed E-state index contributed by atoms with van der Waals surface area (Å²) >= 11 is 0. The van der Waals surface area contributed by atoms with Gasteiger partial charge in [0, 0.05) is 0 Å². The number of carbonyl (C=O) groups excluding carboxylic acids is 1. The van der Waals surface area contributed by atoms with Crippen molar-refractivity contribution in [3.8, 4) is 0 Å². The van der Waals surface area contributed by atoms with Gasteiger partial charge in [0.2, 0.25) is 0 Å². The van der Waals surface area contributed by atoms with Crippen LogP contribution in [0.4, 0.5) is 0 Å². The Hall–Kier alpha value is -0.790. The second-order valence-electron chi connectivity index (χ2n) is 4.14. The Bertz CT molecular complexity index is 259. The van der Waals surface area contributed by atoms with Crippen molar-refractivity contribution >= 4 is 5.97 Å². The van der Waals surface area contributed by atoms with Gasteiger partial charge in [0.25, 0.3) is 0 Å². The third-order valence-electron chi connectivity index (χ3n) is 2.89. The number of allylic oxidation sites excluding steroid dienone is 1. The first-order valence-electron chi connectivity index (χ1n) is 4.78. The molecule has 64 valence electrons. The SMILES string of the molecule is O=C1O/C(=C/C2CC2)C1C1CC1. The second-order valence-corrected chi connectivity index (χ2v) is 4.14. The lowest BCUT2D eigenvalue weighted by Crippen LogP contribution is -2.34. The first kappa shape index (κ1) is 6.70. The Labute approximate surface area is 71.6 Å². The molecule has 3 aliphatic rings. The number of carbonyl (C=O) groups is 1. The van der Waals surface area contributed by atoms with Gasteiger partial charge in [-0.25, -0.2) is 0 Å². The number of rotatable bonds is 2. The monoisotopic (exact) mass is 164 g/mol. The molecule has 0 aromatic heterocycles. The van der Waals surface area contributed by atoms with Crippen molar-refractivity contribution in [1.82, 2.24) is 0 Å². The molecule has 2 nitrogen and oxygen atoms in total. The van der Waals surface area contributed by atoms with Crippen LogP contribution in [0.1, 0.15) is 25.7 Å². The highest BCUT2D eigenvalue weighted by Gasteiger charge is 2.48. The number of hydrogen-bond donors (Lipinski definition) is 0. The Balaban J connectivity index is 1.74. The van der Waals surface area contributed by atoms with Crippen LogP contribution in [0.2, 0.25) is 0 Å². The third-order valence-corrected chi connectivity index (χ3v) is 2.89. The Morgan fingerprint density at radius 2 is 2.00 bits per heavy atom. The predicted molar refractivity (Wildman–Crippen MR) is 43.1 cm³/mol. The highest BCUT2D eigenvalue weighted by Crippen LogP contribution is 2.48. The van der Waals surface area contributed by atoms with Crippen molar-refractivity contribution < 1.29 is 9.53 Å². The molecule has 0 aromatic rings. The molecule has 0 radical (unpaired) electrons. The normalized spacial score (nSPS) is 37.8. The summed E-state index contributed by atoms with van der Waals surface area (Å²) in [5.41, 5.74) is 0. The van der Waals surface area contributed by atoms with E-state index in [-0.39, 0.29) is 11.9 Å². The molecule has 0 aromatic carbocycles. The van der Waals surface area contributed by atoms with Gasteiger partial charge in [0.15, 0.2) is 0 Å². The topological polar surface area (TPSA) is 26.3 Å². The fourth-order valence-corrected chi connectivity index (χ4v) is 1.79. The van der Waals surface area contributed by atoms with Gasteiger partial charge < -0.3 is 4.74 Å². The van der Waals surface area contributed by atoms with Crippen LogP contribution >= 0.6 is 0 Å². The van der Waals surface area contributed by atoms with Crippen molar-refractivity contribution in [1.29, 1.82) is 0 Å². The molecule has 3 rings (SSSR count). The molecule has 2 saturated carbocycles. The average molecular weight is 164 g/mol. The van der Waals surface area contributed by atoms with Gasteiger partial charge in [0.1, 0.15) is 11.7 Å². The molecule has 2 aliphatic carbocycles. The standard InChI is InChI=1S/C10H12O2/c11-10-9(7-3-4-7)8(12-10)5-6-1-2-6/h5-7,9H,1-4H2/b8-5+. The quantitative estimate of drug-likeness (QED) is 0.582. The van der Waals surface area contributed by atoms with E-state index in [9.17, 15) is 4.79 Å². The Morgan fingerprint density at radius 3 is 2.50 bits per heavy atom. The molecular weight excluding hydrogens is 152 g/mol. The van der Waals surface area contributed by atoms with Crippen LogP contribution < -0.4 is 0 Å². The molecular formula is C10H12O2. The van der Waals surface area contributed by atoms with Crippen LogP contribution in [0.5, 0.6) is 0 Å². The first-order valence-corrected chi connectivity index (χ1v) is 4.78. The van der Waals surface area contributed by atoms with Gasteiger partial charge in [-0.3, -0.25) is 4.79 Å². The van der Waals surface area contributed by atoms with Gasteiger partial charge in [-0.1, -0.05) is 0 Å². The molecule has 0 amide bonds. The van der Waals surface area contributed by atoms with Crippen LogP contribution in [0.25, 0.3) is 0 Å². The van der Waals surface area contributed by atoms with Crippen molar-refractivity contribution in [2.75, 3.05) is 0 Å². The van der Waals surface area contributed by atoms with E-state index in [1.807, 2.05) is 0 Å². The Morgan fingerprint density at radius 1 is 1.25 bits per heavy atom. The molecule has 0 N–H and O–H groups in total. The average Bonchev–Trinajstić information content (AvgIpc) is 2.76. The number of esters is 1. The maximum absolute atomic E-state index is 11.1. The van der Waals surface area contributed by atoms with Crippen molar-refractivity contribution in [3.63, 3.8) is 0 Å². The fourth-order valence-electron chi connectivity index (χ4n) is 1.79. The van der Waals surface area contributed by atoms with E-state index in [1.165, 1.54) is 25.7 Å². The molecule has 1 heterocycles. The van der Waals surface area contributed by atoms with E-state index in [2.05, 4.69) is 6.08 Å². The number of ether oxygens (including phenoxy) is 1. The van der Waals surface area contributed by atoms with Crippen LogP contribution in [-0.2, 0) is 9.53 Å². The van der Waals surface area contributed by atoms with Crippen molar-refractivity contribution in [2.45, 2.75) is 25.7 Å². The Kier molecular flexibility index (Phi) is 1.18. The second kappa shape index (κ2) is 2.12. The first-order chi connectivity index (χ1) is 5.84. The van der Waals surface area contributed by atoms with Gasteiger partial charge in [0.05, 0.1) is 0 Å². The van der Waals surface area contributed by atoms with E-state index in [0.717, 1.165) is 11.7 Å². The minimum Gasteiger partial charge on any atom is -0.430 e. The minimum atomic E-state index is 0.0180. The maximum atomic E-state index is 11.1. The number of cyclic esters (lactones) is 1.